The summed E-state index contributed by atoms with van der Waals surface area (Å²) in [6.45, 7) is 4.00. The van der Waals surface area contributed by atoms with Crippen LogP contribution in [0.4, 0.5) is 0 Å². The Balaban J connectivity index is 0.000000791. The molecule has 14 heavy (non-hydrogen) atoms. The second-order valence-electron chi connectivity index (χ2n) is 2.29. The van der Waals surface area contributed by atoms with Crippen LogP contribution in [0.2, 0.25) is 0 Å². The van der Waals surface area contributed by atoms with E-state index in [1.165, 1.54) is 0 Å². The zero-order valence-corrected chi connectivity index (χ0v) is 10.3. The smallest absolute Gasteiger partial charge is 0.173 e. The lowest BCUT2D eigenvalue weighted by molar-refractivity contribution is 0.102. The molecule has 0 radical (unpaired) electrons. The fourth-order valence-corrected chi connectivity index (χ4v) is 1.20. The van der Waals surface area contributed by atoms with Gasteiger partial charge in [-0.25, -0.2) is 0 Å². The second kappa shape index (κ2) is 7.56. The van der Waals surface area contributed by atoms with Crippen LogP contribution < -0.4 is 4.74 Å². The molecule has 0 atom stereocenters. The van der Waals surface area contributed by atoms with Gasteiger partial charge in [0.1, 0.15) is 5.75 Å². The first-order valence-electron chi connectivity index (χ1n) is 4.51. The molecule has 0 fully saturated rings. The van der Waals surface area contributed by atoms with E-state index in [1.807, 2.05) is 19.9 Å². The van der Waals surface area contributed by atoms with E-state index in [0.717, 1.165) is 0 Å². The number of carbonyl (C=O) groups is 1. The highest BCUT2D eigenvalue weighted by molar-refractivity contribution is 9.09. The molecule has 0 saturated heterocycles. The Morgan fingerprint density at radius 2 is 2.07 bits per heavy atom. The van der Waals surface area contributed by atoms with Crippen LogP contribution in [0.5, 0.6) is 5.75 Å². The van der Waals surface area contributed by atoms with Crippen molar-refractivity contribution in [2.24, 2.45) is 0 Å². The number of ketones is 1. The molecule has 0 saturated carbocycles. The SMILES string of the molecule is CC.COc1cccc(C(=O)CBr)c1. The molecule has 0 aliphatic carbocycles. The predicted octanol–water partition coefficient (Wildman–Crippen LogP) is 3.30. The molecular weight excluding hydrogens is 244 g/mol. The van der Waals surface area contributed by atoms with Crippen LogP contribution in [0.3, 0.4) is 0 Å². The maximum absolute atomic E-state index is 11.2. The van der Waals surface area contributed by atoms with Crippen molar-refractivity contribution in [2.45, 2.75) is 13.8 Å². The van der Waals surface area contributed by atoms with Crippen molar-refractivity contribution < 1.29 is 9.53 Å². The Morgan fingerprint density at radius 1 is 1.43 bits per heavy atom. The summed E-state index contributed by atoms with van der Waals surface area (Å²) in [6, 6.07) is 7.11. The van der Waals surface area contributed by atoms with E-state index in [-0.39, 0.29) is 5.78 Å². The third-order valence-corrected chi connectivity index (χ3v) is 2.02. The molecule has 0 aliphatic heterocycles. The fraction of sp³-hybridized carbons (Fsp3) is 0.364. The van der Waals surface area contributed by atoms with Gasteiger partial charge in [0.2, 0.25) is 0 Å². The van der Waals surface area contributed by atoms with E-state index in [2.05, 4.69) is 15.9 Å². The van der Waals surface area contributed by atoms with Crippen LogP contribution in [-0.4, -0.2) is 18.2 Å². The predicted molar refractivity (Wildman–Crippen MR) is 62.5 cm³/mol. The molecule has 2 nitrogen and oxygen atoms in total. The molecule has 0 aliphatic rings. The van der Waals surface area contributed by atoms with E-state index in [4.69, 9.17) is 4.74 Å². The zero-order chi connectivity index (χ0) is 11.0. The molecule has 78 valence electrons. The Bertz CT molecular complexity index is 284. The van der Waals surface area contributed by atoms with Gasteiger partial charge >= 0.3 is 0 Å². The lowest BCUT2D eigenvalue weighted by atomic mass is 10.1. The number of carbonyl (C=O) groups excluding carboxylic acids is 1. The van der Waals surface area contributed by atoms with Gasteiger partial charge in [-0.3, -0.25) is 4.79 Å². The quantitative estimate of drug-likeness (QED) is 0.615. The van der Waals surface area contributed by atoms with Crippen molar-refractivity contribution >= 4 is 21.7 Å². The van der Waals surface area contributed by atoms with E-state index < -0.39 is 0 Å². The molecule has 0 heterocycles. The molecule has 3 heteroatoms. The zero-order valence-electron chi connectivity index (χ0n) is 8.71. The van der Waals surface area contributed by atoms with Gasteiger partial charge in [0.25, 0.3) is 0 Å². The molecule has 0 spiro atoms. The summed E-state index contributed by atoms with van der Waals surface area (Å²) in [6.07, 6.45) is 0. The van der Waals surface area contributed by atoms with Crippen LogP contribution in [-0.2, 0) is 0 Å². The molecule has 0 N–H and O–H groups in total. The number of methoxy groups -OCH3 is 1. The monoisotopic (exact) mass is 258 g/mol. The van der Waals surface area contributed by atoms with E-state index >= 15 is 0 Å². The van der Waals surface area contributed by atoms with E-state index in [9.17, 15) is 4.79 Å². The molecule has 0 bridgehead atoms. The normalized spacial score (nSPS) is 8.57. The lowest BCUT2D eigenvalue weighted by Gasteiger charge is -2.00. The van der Waals surface area contributed by atoms with Crippen LogP contribution in [0.15, 0.2) is 24.3 Å². The molecule has 1 rings (SSSR count). The minimum absolute atomic E-state index is 0.0638. The number of alkyl halides is 1. The average Bonchev–Trinajstić information content (AvgIpc) is 2.30. The molecule has 0 aromatic heterocycles. The first kappa shape index (κ1) is 13.2. The van der Waals surface area contributed by atoms with Crippen molar-refractivity contribution in [1.29, 1.82) is 0 Å². The summed E-state index contributed by atoms with van der Waals surface area (Å²) >= 11 is 3.11. The Hall–Kier alpha value is -0.830. The number of halogens is 1. The summed E-state index contributed by atoms with van der Waals surface area (Å²) in [5, 5.41) is 0.347. The van der Waals surface area contributed by atoms with Gasteiger partial charge in [-0.15, -0.1) is 0 Å². The minimum atomic E-state index is 0.0638. The average molecular weight is 259 g/mol. The molecule has 0 unspecified atom stereocenters. The van der Waals surface area contributed by atoms with Gasteiger partial charge in [-0.1, -0.05) is 41.9 Å². The largest absolute Gasteiger partial charge is 0.497 e. The van der Waals surface area contributed by atoms with Gasteiger partial charge < -0.3 is 4.74 Å². The number of ether oxygens (including phenoxy) is 1. The second-order valence-corrected chi connectivity index (χ2v) is 2.85. The third-order valence-electron chi connectivity index (χ3n) is 1.51. The van der Waals surface area contributed by atoms with Crippen LogP contribution >= 0.6 is 15.9 Å². The number of Topliss-reactive ketones (excluding diaryl/α,β-unsaturated/α-hetero) is 1. The fourth-order valence-electron chi connectivity index (χ4n) is 0.874. The van der Waals surface area contributed by atoms with Crippen molar-refractivity contribution in [3.63, 3.8) is 0 Å². The summed E-state index contributed by atoms with van der Waals surface area (Å²) in [7, 11) is 1.58. The van der Waals surface area contributed by atoms with E-state index in [1.54, 1.807) is 25.3 Å². The maximum Gasteiger partial charge on any atom is 0.173 e. The molecule has 0 amide bonds. The van der Waals surface area contributed by atoms with Gasteiger partial charge in [0.05, 0.1) is 12.4 Å². The number of hydrogen-bond donors (Lipinski definition) is 0. The van der Waals surface area contributed by atoms with Gasteiger partial charge in [0.15, 0.2) is 5.78 Å². The number of benzene rings is 1. The Kier molecular flexibility index (Phi) is 7.11. The standard InChI is InChI=1S/C9H9BrO2.C2H6/c1-12-8-4-2-3-7(5-8)9(11)6-10;1-2/h2-5H,6H2,1H3;1-2H3. The summed E-state index contributed by atoms with van der Waals surface area (Å²) in [5.74, 6) is 0.774. The summed E-state index contributed by atoms with van der Waals surface area (Å²) in [4.78, 5) is 11.2. The highest BCUT2D eigenvalue weighted by Gasteiger charge is 2.03. The molecular formula is C11H15BrO2. The summed E-state index contributed by atoms with van der Waals surface area (Å²) < 4.78 is 4.98. The first-order chi connectivity index (χ1) is 6.77. The molecule has 1 aromatic rings. The maximum atomic E-state index is 11.2. The van der Waals surface area contributed by atoms with Crippen LogP contribution in [0.25, 0.3) is 0 Å². The van der Waals surface area contributed by atoms with Crippen LogP contribution in [0.1, 0.15) is 24.2 Å². The van der Waals surface area contributed by atoms with Gasteiger partial charge in [-0.05, 0) is 12.1 Å². The van der Waals surface area contributed by atoms with Gasteiger partial charge in [-0.2, -0.15) is 0 Å². The van der Waals surface area contributed by atoms with E-state index in [0.29, 0.717) is 16.6 Å². The minimum Gasteiger partial charge on any atom is -0.497 e. The number of rotatable bonds is 3. The summed E-state index contributed by atoms with van der Waals surface area (Å²) in [5.41, 5.74) is 0.672. The highest BCUT2D eigenvalue weighted by Crippen LogP contribution is 2.13. The van der Waals surface area contributed by atoms with Crippen molar-refractivity contribution in [1.82, 2.24) is 0 Å². The topological polar surface area (TPSA) is 26.3 Å². The Morgan fingerprint density at radius 3 is 2.57 bits per heavy atom. The van der Waals surface area contributed by atoms with Crippen LogP contribution in [0, 0.1) is 0 Å². The van der Waals surface area contributed by atoms with Crippen molar-refractivity contribution in [2.75, 3.05) is 12.4 Å². The Labute approximate surface area is 93.4 Å². The lowest BCUT2D eigenvalue weighted by Crippen LogP contribution is -1.99. The van der Waals surface area contributed by atoms with Crippen molar-refractivity contribution in [3.8, 4) is 5.75 Å². The highest BCUT2D eigenvalue weighted by atomic mass is 79.9. The third kappa shape index (κ3) is 3.92. The first-order valence-corrected chi connectivity index (χ1v) is 5.63. The number of hydrogen-bond acceptors (Lipinski definition) is 2. The molecule has 1 aromatic carbocycles. The van der Waals surface area contributed by atoms with Crippen molar-refractivity contribution in [3.05, 3.63) is 29.8 Å². The van der Waals surface area contributed by atoms with Gasteiger partial charge in [0, 0.05) is 5.56 Å².